The molecule has 2 aromatic heterocycles. The number of amides is 1. The topological polar surface area (TPSA) is 95.7 Å². The molecule has 1 fully saturated rings. The maximum Gasteiger partial charge on any atom is 0.227 e. The molecular formula is C22H25N3O5S. The lowest BCUT2D eigenvalue weighted by molar-refractivity contribution is -0.121. The number of benzene rings is 1. The molecule has 1 aliphatic heterocycles. The number of nitrogens with zero attached hydrogens (tertiary/aromatic N) is 2. The molecule has 8 nitrogen and oxygen atoms in total. The van der Waals surface area contributed by atoms with Gasteiger partial charge in [0, 0.05) is 26.0 Å². The second-order valence-electron chi connectivity index (χ2n) is 7.20. The van der Waals surface area contributed by atoms with Crippen LogP contribution in [0, 0.1) is 0 Å². The van der Waals surface area contributed by atoms with Crippen LogP contribution >= 0.6 is 11.3 Å². The van der Waals surface area contributed by atoms with Gasteiger partial charge in [0.05, 0.1) is 18.1 Å². The van der Waals surface area contributed by atoms with Crippen molar-refractivity contribution in [2.75, 3.05) is 20.3 Å². The molecular weight excluding hydrogens is 418 g/mol. The Morgan fingerprint density at radius 2 is 2.26 bits per heavy atom. The largest absolute Gasteiger partial charge is 0.493 e. The summed E-state index contributed by atoms with van der Waals surface area (Å²) in [7, 11) is 1.60. The molecule has 1 atom stereocenters. The summed E-state index contributed by atoms with van der Waals surface area (Å²) in [5, 5.41) is 8.82. The number of rotatable bonds is 10. The molecule has 164 valence electrons. The minimum Gasteiger partial charge on any atom is -0.493 e. The first-order valence-corrected chi connectivity index (χ1v) is 11.1. The SMILES string of the molecule is COc1cc(CNC(=O)CCc2nc(-c3cccs3)no2)ccc1OCC1CCCO1. The van der Waals surface area contributed by atoms with E-state index in [1.165, 1.54) is 0 Å². The van der Waals surface area contributed by atoms with E-state index in [0.717, 1.165) is 29.9 Å². The van der Waals surface area contributed by atoms with Gasteiger partial charge in [0.15, 0.2) is 11.5 Å². The first-order valence-electron chi connectivity index (χ1n) is 10.3. The highest BCUT2D eigenvalue weighted by molar-refractivity contribution is 7.13. The lowest BCUT2D eigenvalue weighted by Gasteiger charge is -2.15. The van der Waals surface area contributed by atoms with Crippen LogP contribution in [0.3, 0.4) is 0 Å². The normalized spacial score (nSPS) is 15.7. The van der Waals surface area contributed by atoms with Crippen molar-refractivity contribution >= 4 is 17.2 Å². The van der Waals surface area contributed by atoms with Crippen LogP contribution in [0.2, 0.25) is 0 Å². The summed E-state index contributed by atoms with van der Waals surface area (Å²) in [4.78, 5) is 17.5. The van der Waals surface area contributed by atoms with Crippen LogP contribution in [-0.4, -0.2) is 42.5 Å². The average molecular weight is 444 g/mol. The lowest BCUT2D eigenvalue weighted by atomic mass is 10.2. The van der Waals surface area contributed by atoms with Gasteiger partial charge in [-0.2, -0.15) is 4.98 Å². The molecule has 3 heterocycles. The summed E-state index contributed by atoms with van der Waals surface area (Å²) in [5.74, 6) is 2.23. The van der Waals surface area contributed by atoms with E-state index in [1.54, 1.807) is 18.4 Å². The number of thiophene rings is 1. The Bertz CT molecular complexity index is 983. The highest BCUT2D eigenvalue weighted by Gasteiger charge is 2.17. The zero-order chi connectivity index (χ0) is 21.5. The van der Waals surface area contributed by atoms with E-state index in [1.807, 2.05) is 35.7 Å². The molecule has 9 heteroatoms. The highest BCUT2D eigenvalue weighted by Crippen LogP contribution is 2.29. The summed E-state index contributed by atoms with van der Waals surface area (Å²) in [5.41, 5.74) is 0.924. The second-order valence-corrected chi connectivity index (χ2v) is 8.14. The number of ether oxygens (including phenoxy) is 3. The predicted molar refractivity (Wildman–Crippen MR) is 115 cm³/mol. The van der Waals surface area contributed by atoms with E-state index in [-0.39, 0.29) is 18.4 Å². The third-order valence-corrected chi connectivity index (χ3v) is 5.81. The lowest BCUT2D eigenvalue weighted by Crippen LogP contribution is -2.23. The molecule has 1 saturated heterocycles. The number of aromatic nitrogens is 2. The number of hydrogen-bond acceptors (Lipinski definition) is 8. The van der Waals surface area contributed by atoms with Crippen molar-refractivity contribution in [3.63, 3.8) is 0 Å². The van der Waals surface area contributed by atoms with E-state index in [0.29, 0.717) is 42.8 Å². The minimum atomic E-state index is -0.0893. The van der Waals surface area contributed by atoms with Gasteiger partial charge < -0.3 is 24.1 Å². The molecule has 0 saturated carbocycles. The molecule has 31 heavy (non-hydrogen) atoms. The standard InChI is InChI=1S/C22H25N3O5S/c1-27-18-12-15(6-7-17(18)29-14-16-4-2-10-28-16)13-23-20(26)8-9-21-24-22(25-30-21)19-5-3-11-31-19/h3,5-7,11-12,16H,2,4,8-10,13-14H2,1H3,(H,23,26). The molecule has 0 aliphatic carbocycles. The summed E-state index contributed by atoms with van der Waals surface area (Å²) in [6.45, 7) is 1.70. The maximum absolute atomic E-state index is 12.2. The Kier molecular flexibility index (Phi) is 7.16. The van der Waals surface area contributed by atoms with Gasteiger partial charge in [0.2, 0.25) is 17.6 Å². The molecule has 0 radical (unpaired) electrons. The Labute approximate surface area is 184 Å². The average Bonchev–Trinajstić information content (AvgIpc) is 3.56. The summed E-state index contributed by atoms with van der Waals surface area (Å²) >= 11 is 1.54. The third-order valence-electron chi connectivity index (χ3n) is 4.94. The summed E-state index contributed by atoms with van der Waals surface area (Å²) < 4.78 is 22.1. The molecule has 1 amide bonds. The minimum absolute atomic E-state index is 0.0893. The predicted octanol–water partition coefficient (Wildman–Crippen LogP) is 3.61. The Morgan fingerprint density at radius 3 is 3.03 bits per heavy atom. The summed E-state index contributed by atoms with van der Waals surface area (Å²) in [6, 6.07) is 9.51. The van der Waals surface area contributed by atoms with Crippen LogP contribution in [0.25, 0.3) is 10.7 Å². The van der Waals surface area contributed by atoms with Crippen molar-refractivity contribution in [1.82, 2.24) is 15.5 Å². The van der Waals surface area contributed by atoms with Crippen LogP contribution in [0.1, 0.15) is 30.7 Å². The van der Waals surface area contributed by atoms with Gasteiger partial charge in [-0.1, -0.05) is 17.3 Å². The Balaban J connectivity index is 1.24. The highest BCUT2D eigenvalue weighted by atomic mass is 32.1. The molecule has 1 unspecified atom stereocenters. The van der Waals surface area contributed by atoms with Crippen LogP contribution < -0.4 is 14.8 Å². The Hall–Kier alpha value is -2.91. The van der Waals surface area contributed by atoms with Gasteiger partial charge in [-0.15, -0.1) is 11.3 Å². The number of carbonyl (C=O) groups is 1. The van der Waals surface area contributed by atoms with Crippen molar-refractivity contribution in [1.29, 1.82) is 0 Å². The number of hydrogen-bond donors (Lipinski definition) is 1. The number of methoxy groups -OCH3 is 1. The first-order chi connectivity index (χ1) is 15.2. The van der Waals surface area contributed by atoms with Gasteiger partial charge in [0.1, 0.15) is 6.61 Å². The van der Waals surface area contributed by atoms with Crippen molar-refractivity contribution in [3.05, 3.63) is 47.2 Å². The van der Waals surface area contributed by atoms with Crippen LogP contribution in [-0.2, 0) is 22.5 Å². The quantitative estimate of drug-likeness (QED) is 0.511. The van der Waals surface area contributed by atoms with E-state index >= 15 is 0 Å². The van der Waals surface area contributed by atoms with Gasteiger partial charge in [-0.3, -0.25) is 4.79 Å². The third kappa shape index (κ3) is 5.83. The molecule has 0 spiro atoms. The van der Waals surface area contributed by atoms with Crippen LogP contribution in [0.4, 0.5) is 0 Å². The fourth-order valence-corrected chi connectivity index (χ4v) is 3.92. The van der Waals surface area contributed by atoms with Crippen molar-refractivity contribution in [2.24, 2.45) is 0 Å². The van der Waals surface area contributed by atoms with Gasteiger partial charge in [-0.25, -0.2) is 0 Å². The van der Waals surface area contributed by atoms with Gasteiger partial charge in [-0.05, 0) is 42.0 Å². The number of nitrogens with one attached hydrogen (secondary N) is 1. The molecule has 1 N–H and O–H groups in total. The molecule has 0 bridgehead atoms. The van der Waals surface area contributed by atoms with Crippen molar-refractivity contribution in [2.45, 2.75) is 38.3 Å². The summed E-state index contributed by atoms with van der Waals surface area (Å²) in [6.07, 6.45) is 2.90. The van der Waals surface area contributed by atoms with Crippen molar-refractivity contribution in [3.8, 4) is 22.2 Å². The van der Waals surface area contributed by atoms with Crippen molar-refractivity contribution < 1.29 is 23.5 Å². The zero-order valence-corrected chi connectivity index (χ0v) is 18.2. The fraction of sp³-hybridized carbons (Fsp3) is 0.409. The Morgan fingerprint density at radius 1 is 1.32 bits per heavy atom. The molecule has 3 aromatic rings. The first kappa shape index (κ1) is 21.3. The van der Waals surface area contributed by atoms with E-state index in [2.05, 4.69) is 15.5 Å². The maximum atomic E-state index is 12.2. The monoisotopic (exact) mass is 443 g/mol. The van der Waals surface area contributed by atoms with Crippen LogP contribution in [0.5, 0.6) is 11.5 Å². The number of carbonyl (C=O) groups excluding carboxylic acids is 1. The van der Waals surface area contributed by atoms with Gasteiger partial charge >= 0.3 is 0 Å². The molecule has 1 aliphatic rings. The van der Waals surface area contributed by atoms with E-state index in [4.69, 9.17) is 18.7 Å². The van der Waals surface area contributed by atoms with Gasteiger partial charge in [0.25, 0.3) is 0 Å². The zero-order valence-electron chi connectivity index (χ0n) is 17.3. The number of aryl methyl sites for hydroxylation is 1. The van der Waals surface area contributed by atoms with E-state index < -0.39 is 0 Å². The van der Waals surface area contributed by atoms with E-state index in [9.17, 15) is 4.79 Å². The smallest absolute Gasteiger partial charge is 0.227 e. The fourth-order valence-electron chi connectivity index (χ4n) is 3.27. The second kappa shape index (κ2) is 10.4. The van der Waals surface area contributed by atoms with Crippen LogP contribution in [0.15, 0.2) is 40.2 Å². The molecule has 4 rings (SSSR count). The molecule has 1 aromatic carbocycles.